The number of Topliss-reactive ketones (excluding diaryl/α,β-unsaturated/α-hetero) is 2. The zero-order valence-electron chi connectivity index (χ0n) is 14.7. The van der Waals surface area contributed by atoms with Crippen LogP contribution in [0.5, 0.6) is 23.0 Å². The summed E-state index contributed by atoms with van der Waals surface area (Å²) in [6.45, 7) is 1.41. The van der Waals surface area contributed by atoms with Crippen molar-refractivity contribution in [2.45, 2.75) is 6.92 Å². The zero-order valence-corrected chi connectivity index (χ0v) is 14.7. The van der Waals surface area contributed by atoms with E-state index in [0.29, 0.717) is 34.1 Å². The number of fused-ring (bicyclic) bond motifs is 1. The Morgan fingerprint density at radius 1 is 1.08 bits per heavy atom. The second kappa shape index (κ2) is 7.31. The van der Waals surface area contributed by atoms with E-state index < -0.39 is 0 Å². The zero-order chi connectivity index (χ0) is 18.7. The number of ether oxygens (including phenoxy) is 4. The van der Waals surface area contributed by atoms with E-state index in [1.807, 2.05) is 0 Å². The summed E-state index contributed by atoms with van der Waals surface area (Å²) in [5.74, 6) is 1.95. The summed E-state index contributed by atoms with van der Waals surface area (Å²) >= 11 is 0. The molecule has 1 aliphatic heterocycles. The van der Waals surface area contributed by atoms with Gasteiger partial charge in [-0.3, -0.25) is 9.59 Å². The van der Waals surface area contributed by atoms with Crippen molar-refractivity contribution in [2.75, 3.05) is 20.8 Å². The Hall–Kier alpha value is -3.28. The SMILES string of the molecule is COc1ccc(C=C2Oc3cc(OCC(C)=O)ccc3C2=O)c(OC)c1. The lowest BCUT2D eigenvalue weighted by atomic mass is 10.1. The molecule has 0 saturated carbocycles. The van der Waals surface area contributed by atoms with Gasteiger partial charge in [-0.2, -0.15) is 0 Å². The number of allylic oxidation sites excluding steroid dienone is 1. The maximum Gasteiger partial charge on any atom is 0.231 e. The fourth-order valence-corrected chi connectivity index (χ4v) is 2.52. The van der Waals surface area contributed by atoms with Crippen LogP contribution < -0.4 is 18.9 Å². The first kappa shape index (κ1) is 17.5. The molecule has 0 spiro atoms. The molecule has 2 aromatic rings. The Morgan fingerprint density at radius 3 is 2.54 bits per heavy atom. The Labute approximate surface area is 150 Å². The molecule has 0 saturated heterocycles. The van der Waals surface area contributed by atoms with Crippen molar-refractivity contribution < 1.29 is 28.5 Å². The minimum absolute atomic E-state index is 0.0293. The predicted molar refractivity (Wildman–Crippen MR) is 95.1 cm³/mol. The lowest BCUT2D eigenvalue weighted by Gasteiger charge is -2.08. The Bertz CT molecular complexity index is 897. The molecule has 6 heteroatoms. The van der Waals surface area contributed by atoms with Crippen LogP contribution in [0.4, 0.5) is 0 Å². The Balaban J connectivity index is 1.87. The quantitative estimate of drug-likeness (QED) is 0.742. The molecule has 0 bridgehead atoms. The molecule has 6 nitrogen and oxygen atoms in total. The third kappa shape index (κ3) is 3.54. The fraction of sp³-hybridized carbons (Fsp3) is 0.200. The fourth-order valence-electron chi connectivity index (χ4n) is 2.52. The van der Waals surface area contributed by atoms with E-state index in [-0.39, 0.29) is 23.9 Å². The summed E-state index contributed by atoms with van der Waals surface area (Å²) in [6.07, 6.45) is 1.62. The molecule has 0 amide bonds. The molecule has 0 unspecified atom stereocenters. The second-order valence-corrected chi connectivity index (χ2v) is 5.70. The maximum absolute atomic E-state index is 12.5. The highest BCUT2D eigenvalue weighted by molar-refractivity contribution is 6.14. The standard InChI is InChI=1S/C20H18O6/c1-12(21)11-25-15-6-7-16-18(10-15)26-19(20(16)22)8-13-4-5-14(23-2)9-17(13)24-3/h4-10H,11H2,1-3H3. The van der Waals surface area contributed by atoms with Crippen LogP contribution in [0.25, 0.3) is 6.08 Å². The summed E-state index contributed by atoms with van der Waals surface area (Å²) < 4.78 is 21.5. The number of carbonyl (C=O) groups is 2. The smallest absolute Gasteiger partial charge is 0.231 e. The van der Waals surface area contributed by atoms with Gasteiger partial charge in [0, 0.05) is 17.7 Å². The van der Waals surface area contributed by atoms with E-state index in [0.717, 1.165) is 0 Å². The number of carbonyl (C=O) groups excluding carboxylic acids is 2. The van der Waals surface area contributed by atoms with E-state index in [2.05, 4.69) is 0 Å². The molecule has 0 N–H and O–H groups in total. The molecule has 0 fully saturated rings. The van der Waals surface area contributed by atoms with E-state index in [1.165, 1.54) is 6.92 Å². The van der Waals surface area contributed by atoms with Crippen LogP contribution in [0.15, 0.2) is 42.2 Å². The molecule has 0 atom stereocenters. The molecule has 0 aliphatic carbocycles. The summed E-state index contributed by atoms with van der Waals surface area (Å²) in [7, 11) is 3.11. The largest absolute Gasteiger partial charge is 0.497 e. The third-order valence-corrected chi connectivity index (χ3v) is 3.81. The van der Waals surface area contributed by atoms with Crippen LogP contribution in [0.2, 0.25) is 0 Å². The minimum Gasteiger partial charge on any atom is -0.497 e. The van der Waals surface area contributed by atoms with E-state index in [4.69, 9.17) is 18.9 Å². The van der Waals surface area contributed by atoms with Crippen molar-refractivity contribution in [3.63, 3.8) is 0 Å². The number of hydrogen-bond acceptors (Lipinski definition) is 6. The van der Waals surface area contributed by atoms with Gasteiger partial charge in [-0.15, -0.1) is 0 Å². The number of rotatable bonds is 6. The molecular formula is C20H18O6. The molecule has 0 aromatic heterocycles. The highest BCUT2D eigenvalue weighted by Crippen LogP contribution is 2.36. The summed E-state index contributed by atoms with van der Waals surface area (Å²) in [6, 6.07) is 10.1. The van der Waals surface area contributed by atoms with Gasteiger partial charge < -0.3 is 18.9 Å². The van der Waals surface area contributed by atoms with Gasteiger partial charge in [-0.25, -0.2) is 0 Å². The number of methoxy groups -OCH3 is 2. The van der Waals surface area contributed by atoms with Crippen molar-refractivity contribution in [1.82, 2.24) is 0 Å². The van der Waals surface area contributed by atoms with E-state index in [9.17, 15) is 9.59 Å². The first-order valence-corrected chi connectivity index (χ1v) is 7.94. The van der Waals surface area contributed by atoms with Gasteiger partial charge in [0.1, 0.15) is 29.6 Å². The average Bonchev–Trinajstić information content (AvgIpc) is 2.95. The van der Waals surface area contributed by atoms with Gasteiger partial charge in [0.05, 0.1) is 19.8 Å². The molecule has 2 aromatic carbocycles. The maximum atomic E-state index is 12.5. The second-order valence-electron chi connectivity index (χ2n) is 5.70. The molecule has 134 valence electrons. The first-order valence-electron chi connectivity index (χ1n) is 7.94. The monoisotopic (exact) mass is 354 g/mol. The van der Waals surface area contributed by atoms with Crippen LogP contribution in [-0.2, 0) is 4.79 Å². The molecule has 3 rings (SSSR count). The average molecular weight is 354 g/mol. The minimum atomic E-state index is -0.226. The van der Waals surface area contributed by atoms with Crippen molar-refractivity contribution in [2.24, 2.45) is 0 Å². The van der Waals surface area contributed by atoms with Gasteiger partial charge in [0.25, 0.3) is 0 Å². The summed E-state index contributed by atoms with van der Waals surface area (Å²) in [4.78, 5) is 23.6. The highest BCUT2D eigenvalue weighted by atomic mass is 16.5. The van der Waals surface area contributed by atoms with Crippen molar-refractivity contribution in [3.05, 3.63) is 53.3 Å². The molecule has 26 heavy (non-hydrogen) atoms. The number of benzene rings is 2. The van der Waals surface area contributed by atoms with Crippen molar-refractivity contribution in [3.8, 4) is 23.0 Å². The lowest BCUT2D eigenvalue weighted by molar-refractivity contribution is -0.118. The third-order valence-electron chi connectivity index (χ3n) is 3.81. The summed E-state index contributed by atoms with van der Waals surface area (Å²) in [5, 5.41) is 0. The van der Waals surface area contributed by atoms with Gasteiger partial charge in [-0.05, 0) is 37.3 Å². The van der Waals surface area contributed by atoms with Crippen LogP contribution >= 0.6 is 0 Å². The van der Waals surface area contributed by atoms with Gasteiger partial charge in [0.15, 0.2) is 11.5 Å². The van der Waals surface area contributed by atoms with Crippen LogP contribution in [0.3, 0.4) is 0 Å². The molecular weight excluding hydrogens is 336 g/mol. The van der Waals surface area contributed by atoms with E-state index >= 15 is 0 Å². The number of ketones is 2. The van der Waals surface area contributed by atoms with Crippen molar-refractivity contribution in [1.29, 1.82) is 0 Å². The Morgan fingerprint density at radius 2 is 1.85 bits per heavy atom. The first-order chi connectivity index (χ1) is 12.5. The normalized spacial score (nSPS) is 14.0. The molecule has 1 heterocycles. The predicted octanol–water partition coefficient (Wildman–Crippen LogP) is 3.29. The lowest BCUT2D eigenvalue weighted by Crippen LogP contribution is -2.06. The topological polar surface area (TPSA) is 71.1 Å². The van der Waals surface area contributed by atoms with Crippen LogP contribution in [0.1, 0.15) is 22.8 Å². The Kier molecular flexibility index (Phi) is 4.93. The number of hydrogen-bond donors (Lipinski definition) is 0. The molecule has 0 radical (unpaired) electrons. The van der Waals surface area contributed by atoms with Gasteiger partial charge in [-0.1, -0.05) is 0 Å². The molecule has 1 aliphatic rings. The van der Waals surface area contributed by atoms with Gasteiger partial charge in [0.2, 0.25) is 5.78 Å². The van der Waals surface area contributed by atoms with Gasteiger partial charge >= 0.3 is 0 Å². The van der Waals surface area contributed by atoms with Crippen LogP contribution in [0, 0.1) is 0 Å². The van der Waals surface area contributed by atoms with Crippen LogP contribution in [-0.4, -0.2) is 32.4 Å². The highest BCUT2D eigenvalue weighted by Gasteiger charge is 2.28. The van der Waals surface area contributed by atoms with E-state index in [1.54, 1.807) is 56.7 Å². The summed E-state index contributed by atoms with van der Waals surface area (Å²) in [5.41, 5.74) is 1.14. The van der Waals surface area contributed by atoms with Crippen molar-refractivity contribution >= 4 is 17.6 Å².